The van der Waals surface area contributed by atoms with Crippen LogP contribution in [0.2, 0.25) is 0 Å². The van der Waals surface area contributed by atoms with Gasteiger partial charge in [0, 0.05) is 18.1 Å². The number of urea groups is 1. The molecule has 1 aromatic rings. The van der Waals surface area contributed by atoms with Gasteiger partial charge in [0.05, 0.1) is 6.04 Å². The standard InChI is InChI=1S/C11H13BrN2O/c1-14-7-6-10(13-11(14)15)8-4-2-3-5-9(8)12/h2-5,10H,6-7H2,1H3,(H,13,15). The lowest BCUT2D eigenvalue weighted by atomic mass is 10.0. The van der Waals surface area contributed by atoms with Gasteiger partial charge in [-0.1, -0.05) is 34.1 Å². The van der Waals surface area contributed by atoms with E-state index in [9.17, 15) is 4.79 Å². The van der Waals surface area contributed by atoms with Crippen LogP contribution in [0.1, 0.15) is 18.0 Å². The van der Waals surface area contributed by atoms with Crippen molar-refractivity contribution in [3.63, 3.8) is 0 Å². The van der Waals surface area contributed by atoms with Crippen LogP contribution in [0.15, 0.2) is 28.7 Å². The number of carbonyl (C=O) groups is 1. The zero-order chi connectivity index (χ0) is 10.8. The van der Waals surface area contributed by atoms with Gasteiger partial charge in [-0.15, -0.1) is 0 Å². The number of hydrogen-bond acceptors (Lipinski definition) is 1. The molecule has 0 radical (unpaired) electrons. The van der Waals surface area contributed by atoms with E-state index in [1.165, 1.54) is 0 Å². The zero-order valence-corrected chi connectivity index (χ0v) is 10.1. The van der Waals surface area contributed by atoms with Crippen LogP contribution in [0.5, 0.6) is 0 Å². The van der Waals surface area contributed by atoms with Gasteiger partial charge in [-0.05, 0) is 18.1 Å². The Balaban J connectivity index is 2.19. The summed E-state index contributed by atoms with van der Waals surface area (Å²) in [6.45, 7) is 0.803. The van der Waals surface area contributed by atoms with Crippen LogP contribution in [-0.4, -0.2) is 24.5 Å². The van der Waals surface area contributed by atoms with E-state index in [0.717, 1.165) is 23.0 Å². The summed E-state index contributed by atoms with van der Waals surface area (Å²) < 4.78 is 1.06. The molecule has 0 spiro atoms. The first-order valence-corrected chi connectivity index (χ1v) is 5.74. The second kappa shape index (κ2) is 4.23. The first-order valence-electron chi connectivity index (χ1n) is 4.94. The summed E-state index contributed by atoms with van der Waals surface area (Å²) in [4.78, 5) is 13.2. The van der Waals surface area contributed by atoms with Gasteiger partial charge >= 0.3 is 6.03 Å². The first-order chi connectivity index (χ1) is 7.18. The van der Waals surface area contributed by atoms with E-state index >= 15 is 0 Å². The van der Waals surface area contributed by atoms with Crippen molar-refractivity contribution in [2.24, 2.45) is 0 Å². The summed E-state index contributed by atoms with van der Waals surface area (Å²) in [6, 6.07) is 8.14. The number of nitrogens with one attached hydrogen (secondary N) is 1. The zero-order valence-electron chi connectivity index (χ0n) is 8.53. The lowest BCUT2D eigenvalue weighted by molar-refractivity contribution is 0.187. The predicted octanol–water partition coefficient (Wildman–Crippen LogP) is 2.54. The number of carbonyl (C=O) groups excluding carboxylic acids is 1. The fourth-order valence-electron chi connectivity index (χ4n) is 1.75. The third kappa shape index (κ3) is 2.15. The van der Waals surface area contributed by atoms with Crippen LogP contribution in [0.25, 0.3) is 0 Å². The highest BCUT2D eigenvalue weighted by molar-refractivity contribution is 9.10. The van der Waals surface area contributed by atoms with Crippen molar-refractivity contribution in [2.45, 2.75) is 12.5 Å². The van der Waals surface area contributed by atoms with E-state index < -0.39 is 0 Å². The van der Waals surface area contributed by atoms with Gasteiger partial charge in [0.1, 0.15) is 0 Å². The van der Waals surface area contributed by atoms with Gasteiger partial charge in [0.15, 0.2) is 0 Å². The summed E-state index contributed by atoms with van der Waals surface area (Å²) in [6.07, 6.45) is 0.949. The largest absolute Gasteiger partial charge is 0.331 e. The number of nitrogens with zero attached hydrogens (tertiary/aromatic N) is 1. The van der Waals surface area contributed by atoms with Crippen LogP contribution in [-0.2, 0) is 0 Å². The Morgan fingerprint density at radius 1 is 1.47 bits per heavy atom. The second-order valence-electron chi connectivity index (χ2n) is 3.73. The highest BCUT2D eigenvalue weighted by atomic mass is 79.9. The van der Waals surface area contributed by atoms with Crippen LogP contribution in [0.3, 0.4) is 0 Å². The molecule has 2 rings (SSSR count). The maximum Gasteiger partial charge on any atom is 0.317 e. The van der Waals surface area contributed by atoms with Crippen LogP contribution in [0, 0.1) is 0 Å². The molecule has 1 heterocycles. The molecule has 1 aliphatic rings. The fraction of sp³-hybridized carbons (Fsp3) is 0.364. The minimum atomic E-state index is 0.00185. The molecule has 0 aliphatic carbocycles. The molecule has 0 aromatic heterocycles. The highest BCUT2D eigenvalue weighted by Gasteiger charge is 2.24. The molecule has 1 aliphatic heterocycles. The van der Waals surface area contributed by atoms with Crippen LogP contribution >= 0.6 is 15.9 Å². The van der Waals surface area contributed by atoms with Crippen molar-refractivity contribution in [1.82, 2.24) is 10.2 Å². The van der Waals surface area contributed by atoms with Crippen molar-refractivity contribution >= 4 is 22.0 Å². The van der Waals surface area contributed by atoms with Gasteiger partial charge in [-0.3, -0.25) is 0 Å². The summed E-state index contributed by atoms with van der Waals surface area (Å²) in [5, 5.41) is 2.98. The lowest BCUT2D eigenvalue weighted by Crippen LogP contribution is -2.45. The highest BCUT2D eigenvalue weighted by Crippen LogP contribution is 2.27. The summed E-state index contributed by atoms with van der Waals surface area (Å²) in [5.74, 6) is 0. The fourth-order valence-corrected chi connectivity index (χ4v) is 2.31. The molecule has 80 valence electrons. The van der Waals surface area contributed by atoms with E-state index in [4.69, 9.17) is 0 Å². The molecule has 1 unspecified atom stereocenters. The third-order valence-electron chi connectivity index (χ3n) is 2.68. The molecule has 0 bridgehead atoms. The SMILES string of the molecule is CN1CCC(c2ccccc2Br)NC1=O. The molecule has 4 heteroatoms. The normalized spacial score (nSPS) is 21.3. The van der Waals surface area contributed by atoms with E-state index in [2.05, 4.69) is 21.2 Å². The van der Waals surface area contributed by atoms with E-state index in [1.54, 1.807) is 4.90 Å². The Morgan fingerprint density at radius 2 is 2.20 bits per heavy atom. The predicted molar refractivity (Wildman–Crippen MR) is 62.7 cm³/mol. The average Bonchev–Trinajstić information content (AvgIpc) is 2.23. The molecule has 1 aromatic carbocycles. The lowest BCUT2D eigenvalue weighted by Gasteiger charge is -2.31. The second-order valence-corrected chi connectivity index (χ2v) is 4.59. The molecule has 1 fully saturated rings. The molecular weight excluding hydrogens is 256 g/mol. The van der Waals surface area contributed by atoms with Crippen LogP contribution in [0.4, 0.5) is 4.79 Å². The maximum atomic E-state index is 11.5. The number of halogens is 1. The quantitative estimate of drug-likeness (QED) is 0.834. The van der Waals surface area contributed by atoms with Gasteiger partial charge in [0.25, 0.3) is 0 Å². The molecule has 3 nitrogen and oxygen atoms in total. The Hall–Kier alpha value is -1.03. The van der Waals surface area contributed by atoms with Crippen molar-refractivity contribution < 1.29 is 4.79 Å². The number of hydrogen-bond donors (Lipinski definition) is 1. The number of rotatable bonds is 1. The maximum absolute atomic E-state index is 11.5. The average molecular weight is 269 g/mol. The molecule has 1 atom stereocenters. The van der Waals surface area contributed by atoms with Gasteiger partial charge in [-0.2, -0.15) is 0 Å². The third-order valence-corrected chi connectivity index (χ3v) is 3.40. The first kappa shape index (κ1) is 10.5. The van der Waals surface area contributed by atoms with Gasteiger partial charge in [0.2, 0.25) is 0 Å². The van der Waals surface area contributed by atoms with Crippen molar-refractivity contribution in [2.75, 3.05) is 13.6 Å². The Bertz CT molecular complexity index is 381. The van der Waals surface area contributed by atoms with Gasteiger partial charge < -0.3 is 10.2 Å². The van der Waals surface area contributed by atoms with Crippen molar-refractivity contribution in [3.8, 4) is 0 Å². The minimum Gasteiger partial charge on any atom is -0.331 e. The minimum absolute atomic E-state index is 0.00185. The molecule has 15 heavy (non-hydrogen) atoms. The van der Waals surface area contributed by atoms with Gasteiger partial charge in [-0.25, -0.2) is 4.79 Å². The smallest absolute Gasteiger partial charge is 0.317 e. The van der Waals surface area contributed by atoms with E-state index in [-0.39, 0.29) is 12.1 Å². The molecule has 0 saturated carbocycles. The monoisotopic (exact) mass is 268 g/mol. The Morgan fingerprint density at radius 3 is 2.87 bits per heavy atom. The van der Waals surface area contributed by atoms with Crippen molar-refractivity contribution in [1.29, 1.82) is 0 Å². The molecule has 1 N–H and O–H groups in total. The topological polar surface area (TPSA) is 32.3 Å². The van der Waals surface area contributed by atoms with E-state index in [1.807, 2.05) is 31.3 Å². The van der Waals surface area contributed by atoms with E-state index in [0.29, 0.717) is 0 Å². The number of amides is 2. The molecular formula is C11H13BrN2O. The summed E-state index contributed by atoms with van der Waals surface area (Å²) >= 11 is 3.50. The van der Waals surface area contributed by atoms with Crippen molar-refractivity contribution in [3.05, 3.63) is 34.3 Å². The summed E-state index contributed by atoms with van der Waals surface area (Å²) in [5.41, 5.74) is 1.15. The molecule has 2 amide bonds. The molecule has 1 saturated heterocycles. The van der Waals surface area contributed by atoms with Crippen LogP contribution < -0.4 is 5.32 Å². The summed E-state index contributed by atoms with van der Waals surface area (Å²) in [7, 11) is 1.81. The number of benzene rings is 1. The Kier molecular flexibility index (Phi) is 2.95. The Labute approximate surface area is 97.6 Å².